The van der Waals surface area contributed by atoms with Crippen LogP contribution in [0.3, 0.4) is 0 Å². The van der Waals surface area contributed by atoms with Gasteiger partial charge < -0.3 is 10.2 Å². The van der Waals surface area contributed by atoms with E-state index < -0.39 is 23.5 Å². The maximum absolute atomic E-state index is 14.2. The molecule has 0 saturated heterocycles. The second-order valence-corrected chi connectivity index (χ2v) is 8.02. The van der Waals surface area contributed by atoms with Crippen molar-refractivity contribution in [3.05, 3.63) is 91.9 Å². The highest BCUT2D eigenvalue weighted by molar-refractivity contribution is 9.11. The van der Waals surface area contributed by atoms with Crippen molar-refractivity contribution in [3.8, 4) is 0 Å². The van der Waals surface area contributed by atoms with E-state index in [0.717, 1.165) is 15.9 Å². The van der Waals surface area contributed by atoms with Gasteiger partial charge in [-0.1, -0.05) is 6.07 Å². The lowest BCUT2D eigenvalue weighted by Crippen LogP contribution is -2.16. The van der Waals surface area contributed by atoms with E-state index in [2.05, 4.69) is 20.9 Å². The summed E-state index contributed by atoms with van der Waals surface area (Å²) in [6.07, 6.45) is 1.47. The molecule has 138 valence electrons. The van der Waals surface area contributed by atoms with Crippen LogP contribution in [0.5, 0.6) is 0 Å². The number of aromatic nitrogens is 1. The quantitative estimate of drug-likeness (QED) is 0.366. The molecule has 1 atom stereocenters. The maximum atomic E-state index is 14.2. The molecule has 0 aliphatic rings. The molecule has 27 heavy (non-hydrogen) atoms. The number of nitrogens with zero attached hydrogens (tertiary/aromatic N) is 1. The summed E-state index contributed by atoms with van der Waals surface area (Å²) >= 11 is 4.48. The zero-order valence-electron chi connectivity index (χ0n) is 13.7. The fourth-order valence-corrected chi connectivity index (χ4v) is 3.84. The van der Waals surface area contributed by atoms with Crippen molar-refractivity contribution in [2.24, 2.45) is 0 Å². The Morgan fingerprint density at radius 2 is 1.96 bits per heavy atom. The molecule has 0 aliphatic heterocycles. The van der Waals surface area contributed by atoms with E-state index in [0.29, 0.717) is 16.5 Å². The lowest BCUT2D eigenvalue weighted by atomic mass is 9.92. The number of thiophene rings is 1. The van der Waals surface area contributed by atoms with Gasteiger partial charge in [0.1, 0.15) is 23.5 Å². The minimum Gasteiger partial charge on any atom is -0.506 e. The van der Waals surface area contributed by atoms with E-state index in [-0.39, 0.29) is 16.9 Å². The van der Waals surface area contributed by atoms with Crippen molar-refractivity contribution in [2.75, 3.05) is 0 Å². The molecule has 0 saturated carbocycles. The van der Waals surface area contributed by atoms with Crippen LogP contribution in [0, 0.1) is 17.0 Å². The van der Waals surface area contributed by atoms with Crippen LogP contribution in [-0.2, 0) is 0 Å². The molecule has 2 heterocycles. The summed E-state index contributed by atoms with van der Waals surface area (Å²) in [4.78, 5) is 4.30. The van der Waals surface area contributed by atoms with Gasteiger partial charge in [-0.25, -0.2) is 8.78 Å². The Morgan fingerprint density at radius 1 is 1.19 bits per heavy atom. The predicted octanol–water partition coefficient (Wildman–Crippen LogP) is 5.25. The smallest absolute Gasteiger partial charge is 0.141 e. The summed E-state index contributed by atoms with van der Waals surface area (Å²) in [5.74, 6) is -2.11. The van der Waals surface area contributed by atoms with E-state index in [9.17, 15) is 19.0 Å². The number of aliphatic hydroxyl groups is 2. The lowest BCUT2D eigenvalue weighted by Gasteiger charge is -2.18. The fraction of sp³-hybridized carbons (Fsp3) is 0.0526. The van der Waals surface area contributed by atoms with E-state index in [1.807, 2.05) is 0 Å². The first-order chi connectivity index (χ1) is 12.9. The normalized spacial score (nSPS) is 13.2. The predicted molar refractivity (Wildman–Crippen MR) is 104 cm³/mol. The Kier molecular flexibility index (Phi) is 5.79. The summed E-state index contributed by atoms with van der Waals surface area (Å²) in [6, 6.07) is 9.23. The lowest BCUT2D eigenvalue weighted by molar-refractivity contribution is 0.219. The first kappa shape index (κ1) is 19.3. The number of benzene rings is 1. The number of halogens is 3. The first-order valence-electron chi connectivity index (χ1n) is 7.69. The molecule has 0 fully saturated rings. The van der Waals surface area contributed by atoms with Gasteiger partial charge in [0.25, 0.3) is 0 Å². The highest BCUT2D eigenvalue weighted by Gasteiger charge is 2.26. The number of hydrogen-bond acceptors (Lipinski definition) is 5. The van der Waals surface area contributed by atoms with Gasteiger partial charge in [0.2, 0.25) is 0 Å². The standard InChI is InChI=1S/C19H13BrF2N2O2S/c20-15-6-5-14(27-15)19(26)16(18(25)10-2-1-7-24-9-10)17(23)12-4-3-11(21)8-13(12)22/h1-9,18,23,25-26H/b19-16+,23-17?. The van der Waals surface area contributed by atoms with Crippen molar-refractivity contribution in [3.63, 3.8) is 0 Å². The van der Waals surface area contributed by atoms with E-state index in [1.165, 1.54) is 23.7 Å². The van der Waals surface area contributed by atoms with Crippen molar-refractivity contribution in [2.45, 2.75) is 6.10 Å². The molecule has 3 N–H and O–H groups in total. The third-order valence-electron chi connectivity index (χ3n) is 3.81. The van der Waals surface area contributed by atoms with E-state index in [1.54, 1.807) is 24.3 Å². The van der Waals surface area contributed by atoms with Crippen LogP contribution >= 0.6 is 27.3 Å². The molecule has 1 aromatic carbocycles. The summed E-state index contributed by atoms with van der Waals surface area (Å²) in [6.45, 7) is 0. The van der Waals surface area contributed by atoms with Gasteiger partial charge in [0, 0.05) is 29.6 Å². The molecule has 0 spiro atoms. The molecular formula is C19H13BrF2N2O2S. The summed E-state index contributed by atoms with van der Waals surface area (Å²) in [7, 11) is 0. The van der Waals surface area contributed by atoms with Crippen molar-refractivity contribution < 1.29 is 19.0 Å². The molecule has 0 amide bonds. The number of hydrogen-bond donors (Lipinski definition) is 3. The monoisotopic (exact) mass is 450 g/mol. The van der Waals surface area contributed by atoms with Gasteiger partial charge in [0.15, 0.2) is 0 Å². The highest BCUT2D eigenvalue weighted by atomic mass is 79.9. The van der Waals surface area contributed by atoms with Crippen molar-refractivity contribution >= 4 is 38.7 Å². The summed E-state index contributed by atoms with van der Waals surface area (Å²) < 4.78 is 28.2. The van der Waals surface area contributed by atoms with Crippen LogP contribution in [0.25, 0.3) is 5.76 Å². The molecular weight excluding hydrogens is 438 g/mol. The van der Waals surface area contributed by atoms with Crippen LogP contribution < -0.4 is 0 Å². The topological polar surface area (TPSA) is 77.2 Å². The Morgan fingerprint density at radius 3 is 2.56 bits per heavy atom. The summed E-state index contributed by atoms with van der Waals surface area (Å²) in [5, 5.41) is 29.9. The summed E-state index contributed by atoms with van der Waals surface area (Å²) in [5.41, 5.74) is -0.577. The third kappa shape index (κ3) is 4.13. The minimum atomic E-state index is -1.43. The van der Waals surface area contributed by atoms with Gasteiger partial charge >= 0.3 is 0 Å². The van der Waals surface area contributed by atoms with Crippen molar-refractivity contribution in [1.82, 2.24) is 4.98 Å². The fourth-order valence-electron chi connectivity index (χ4n) is 2.50. The zero-order chi connectivity index (χ0) is 19.6. The molecule has 1 unspecified atom stereocenters. The largest absolute Gasteiger partial charge is 0.506 e. The Balaban J connectivity index is 2.16. The van der Waals surface area contributed by atoms with Gasteiger partial charge in [0.05, 0.1) is 19.9 Å². The average molecular weight is 451 g/mol. The van der Waals surface area contributed by atoms with Crippen LogP contribution in [0.1, 0.15) is 22.1 Å². The molecule has 8 heteroatoms. The first-order valence-corrected chi connectivity index (χ1v) is 9.30. The molecule has 0 radical (unpaired) electrons. The third-order valence-corrected chi connectivity index (χ3v) is 5.44. The highest BCUT2D eigenvalue weighted by Crippen LogP contribution is 2.34. The molecule has 3 aromatic rings. The molecule has 0 aliphatic carbocycles. The van der Waals surface area contributed by atoms with E-state index in [4.69, 9.17) is 5.41 Å². The Bertz CT molecular complexity index is 1020. The number of rotatable bonds is 5. The Labute approximate surface area is 166 Å². The van der Waals surface area contributed by atoms with Gasteiger partial charge in [-0.15, -0.1) is 11.3 Å². The molecule has 3 rings (SSSR count). The minimum absolute atomic E-state index is 0.206. The van der Waals surface area contributed by atoms with Gasteiger partial charge in [-0.05, 0) is 46.3 Å². The molecule has 2 aromatic heterocycles. The second kappa shape index (κ2) is 8.08. The van der Waals surface area contributed by atoms with Crippen LogP contribution in [0.2, 0.25) is 0 Å². The van der Waals surface area contributed by atoms with Crippen LogP contribution in [0.4, 0.5) is 8.78 Å². The van der Waals surface area contributed by atoms with Crippen LogP contribution in [-0.4, -0.2) is 20.9 Å². The maximum Gasteiger partial charge on any atom is 0.141 e. The number of nitrogens with one attached hydrogen (secondary N) is 1. The van der Waals surface area contributed by atoms with Gasteiger partial charge in [-0.2, -0.15) is 0 Å². The molecule has 4 nitrogen and oxygen atoms in total. The Hall–Kier alpha value is -2.42. The van der Waals surface area contributed by atoms with Crippen molar-refractivity contribution in [1.29, 1.82) is 5.41 Å². The second-order valence-electron chi connectivity index (χ2n) is 5.55. The SMILES string of the molecule is N=C(/C(=C(\O)c1ccc(Br)s1)C(O)c1cccnc1)c1ccc(F)cc1F. The average Bonchev–Trinajstić information content (AvgIpc) is 3.08. The number of aliphatic hydroxyl groups excluding tert-OH is 2. The van der Waals surface area contributed by atoms with Crippen LogP contribution in [0.15, 0.2) is 64.2 Å². The van der Waals surface area contributed by atoms with Gasteiger partial charge in [-0.3, -0.25) is 10.4 Å². The number of pyridine rings is 1. The molecule has 0 bridgehead atoms. The van der Waals surface area contributed by atoms with E-state index >= 15 is 0 Å². The zero-order valence-corrected chi connectivity index (χ0v) is 16.1.